The quantitative estimate of drug-likeness (QED) is 0.821. The van der Waals surface area contributed by atoms with E-state index < -0.39 is 10.0 Å². The summed E-state index contributed by atoms with van der Waals surface area (Å²) in [6.07, 6.45) is 0.898. The van der Waals surface area contributed by atoms with Gasteiger partial charge in [-0.25, -0.2) is 13.6 Å². The maximum Gasteiger partial charge on any atom is 0.238 e. The number of aryl methyl sites for hydroxylation is 2. The third-order valence-electron chi connectivity index (χ3n) is 3.52. The van der Waals surface area contributed by atoms with E-state index in [0.29, 0.717) is 19.4 Å². The molecule has 0 atom stereocenters. The van der Waals surface area contributed by atoms with Gasteiger partial charge in [0.15, 0.2) is 0 Å². The number of carbonyl (C=O) groups is 1. The van der Waals surface area contributed by atoms with Gasteiger partial charge in [0.05, 0.1) is 10.6 Å². The van der Waals surface area contributed by atoms with Gasteiger partial charge in [-0.05, 0) is 38.0 Å². The van der Waals surface area contributed by atoms with Gasteiger partial charge in [-0.1, -0.05) is 17.3 Å². The van der Waals surface area contributed by atoms with Crippen molar-refractivity contribution in [2.75, 3.05) is 0 Å². The summed E-state index contributed by atoms with van der Waals surface area (Å²) in [5.74, 6) is 0.634. The van der Waals surface area contributed by atoms with E-state index >= 15 is 0 Å². The summed E-state index contributed by atoms with van der Waals surface area (Å²) in [5.41, 5.74) is 2.55. The van der Waals surface area contributed by atoms with Crippen molar-refractivity contribution in [3.05, 3.63) is 46.8 Å². The summed E-state index contributed by atoms with van der Waals surface area (Å²) in [5, 5.41) is 11.7. The van der Waals surface area contributed by atoms with E-state index in [4.69, 9.17) is 9.66 Å². The summed E-state index contributed by atoms with van der Waals surface area (Å²) in [6.45, 7) is 3.99. The van der Waals surface area contributed by atoms with E-state index in [0.717, 1.165) is 22.6 Å². The van der Waals surface area contributed by atoms with Crippen molar-refractivity contribution in [2.45, 2.75) is 38.1 Å². The molecule has 0 radical (unpaired) electrons. The lowest BCUT2D eigenvalue weighted by Gasteiger charge is -2.06. The lowest BCUT2D eigenvalue weighted by molar-refractivity contribution is -0.121. The first-order valence-corrected chi connectivity index (χ1v) is 8.62. The van der Waals surface area contributed by atoms with Gasteiger partial charge >= 0.3 is 0 Å². The molecule has 1 heterocycles. The molecule has 0 saturated carbocycles. The van der Waals surface area contributed by atoms with Crippen molar-refractivity contribution in [1.82, 2.24) is 10.5 Å². The Morgan fingerprint density at radius 2 is 1.91 bits per heavy atom. The molecule has 124 valence electrons. The van der Waals surface area contributed by atoms with Gasteiger partial charge < -0.3 is 9.84 Å². The third-order valence-corrected chi connectivity index (χ3v) is 4.45. The summed E-state index contributed by atoms with van der Waals surface area (Å²) < 4.78 is 27.4. The van der Waals surface area contributed by atoms with Crippen molar-refractivity contribution < 1.29 is 17.7 Å². The molecule has 2 rings (SSSR count). The number of nitrogens with zero attached hydrogens (tertiary/aromatic N) is 1. The van der Waals surface area contributed by atoms with Crippen LogP contribution >= 0.6 is 0 Å². The molecule has 0 aliphatic carbocycles. The van der Waals surface area contributed by atoms with Crippen molar-refractivity contribution >= 4 is 15.9 Å². The molecule has 0 aliphatic heterocycles. The van der Waals surface area contributed by atoms with Crippen LogP contribution in [0, 0.1) is 13.8 Å². The molecule has 0 spiro atoms. The number of nitrogens with one attached hydrogen (secondary N) is 1. The molecule has 0 bridgehead atoms. The predicted molar refractivity (Wildman–Crippen MR) is 84.0 cm³/mol. The second kappa shape index (κ2) is 6.93. The zero-order chi connectivity index (χ0) is 17.0. The number of amides is 1. The van der Waals surface area contributed by atoms with Crippen molar-refractivity contribution in [2.24, 2.45) is 5.14 Å². The van der Waals surface area contributed by atoms with E-state index in [-0.39, 0.29) is 10.8 Å². The molecule has 2 aromatic rings. The smallest absolute Gasteiger partial charge is 0.238 e. The fourth-order valence-corrected chi connectivity index (χ4v) is 2.70. The molecule has 0 saturated heterocycles. The van der Waals surface area contributed by atoms with Crippen LogP contribution in [0.15, 0.2) is 33.7 Å². The molecular weight excluding hydrogens is 318 g/mol. The molecule has 0 aliphatic rings. The molecule has 8 heteroatoms. The van der Waals surface area contributed by atoms with Crippen molar-refractivity contribution in [3.8, 4) is 0 Å². The molecule has 0 fully saturated rings. The van der Waals surface area contributed by atoms with Crippen LogP contribution in [-0.2, 0) is 27.8 Å². The van der Waals surface area contributed by atoms with Gasteiger partial charge in [0.25, 0.3) is 0 Å². The normalized spacial score (nSPS) is 11.4. The van der Waals surface area contributed by atoms with Crippen LogP contribution in [0.4, 0.5) is 0 Å². The second-order valence-corrected chi connectivity index (χ2v) is 6.83. The zero-order valence-corrected chi connectivity index (χ0v) is 13.8. The summed E-state index contributed by atoms with van der Waals surface area (Å²) in [6, 6.07) is 6.07. The Morgan fingerprint density at radius 3 is 2.43 bits per heavy atom. The van der Waals surface area contributed by atoms with Crippen molar-refractivity contribution in [3.63, 3.8) is 0 Å². The molecule has 1 aromatic carbocycles. The summed E-state index contributed by atoms with van der Waals surface area (Å²) in [4.78, 5) is 11.9. The summed E-state index contributed by atoms with van der Waals surface area (Å²) in [7, 11) is -3.69. The van der Waals surface area contributed by atoms with Crippen LogP contribution < -0.4 is 10.5 Å². The monoisotopic (exact) mass is 337 g/mol. The predicted octanol–water partition coefficient (Wildman–Crippen LogP) is 1.19. The Kier molecular flexibility index (Phi) is 5.17. The number of hydrogen-bond donors (Lipinski definition) is 2. The van der Waals surface area contributed by atoms with Crippen LogP contribution in [0.2, 0.25) is 0 Å². The van der Waals surface area contributed by atoms with E-state index in [9.17, 15) is 13.2 Å². The Labute approximate surface area is 134 Å². The van der Waals surface area contributed by atoms with Crippen molar-refractivity contribution in [1.29, 1.82) is 0 Å². The van der Waals surface area contributed by atoms with Gasteiger partial charge in [-0.3, -0.25) is 4.79 Å². The van der Waals surface area contributed by atoms with Gasteiger partial charge in [0, 0.05) is 18.5 Å². The lowest BCUT2D eigenvalue weighted by atomic mass is 10.1. The highest BCUT2D eigenvalue weighted by atomic mass is 32.2. The average Bonchev–Trinajstić information content (AvgIpc) is 2.81. The Hall–Kier alpha value is -2.19. The first-order chi connectivity index (χ1) is 10.8. The molecule has 1 amide bonds. The van der Waals surface area contributed by atoms with Crippen LogP contribution in [-0.4, -0.2) is 19.5 Å². The number of rotatable bonds is 6. The number of primary sulfonamides is 1. The maximum atomic E-state index is 11.9. The highest BCUT2D eigenvalue weighted by Crippen LogP contribution is 2.14. The second-order valence-electron chi connectivity index (χ2n) is 5.27. The number of sulfonamides is 1. The molecule has 0 unspecified atom stereocenters. The van der Waals surface area contributed by atoms with Crippen LogP contribution in [0.1, 0.15) is 29.0 Å². The Bertz CT molecular complexity index is 775. The zero-order valence-electron chi connectivity index (χ0n) is 13.0. The molecule has 1 aromatic heterocycles. The number of carbonyl (C=O) groups excluding carboxylic acids is 1. The fraction of sp³-hybridized carbons (Fsp3) is 0.333. The van der Waals surface area contributed by atoms with Gasteiger partial charge in [-0.2, -0.15) is 0 Å². The maximum absolute atomic E-state index is 11.9. The number of aromatic nitrogens is 1. The van der Waals surface area contributed by atoms with Crippen LogP contribution in [0.25, 0.3) is 0 Å². The third kappa shape index (κ3) is 4.64. The van der Waals surface area contributed by atoms with Crippen LogP contribution in [0.5, 0.6) is 0 Å². The van der Waals surface area contributed by atoms with Gasteiger partial charge in [0.2, 0.25) is 15.9 Å². The molecule has 3 N–H and O–H groups in total. The first kappa shape index (κ1) is 17.2. The van der Waals surface area contributed by atoms with Gasteiger partial charge in [-0.15, -0.1) is 0 Å². The highest BCUT2D eigenvalue weighted by molar-refractivity contribution is 7.89. The van der Waals surface area contributed by atoms with E-state index in [1.807, 2.05) is 13.8 Å². The highest BCUT2D eigenvalue weighted by Gasteiger charge is 2.11. The standard InChI is InChI=1S/C15H19N3O4S/c1-10-14(11(2)22-18-10)7-8-15(19)17-9-12-3-5-13(6-4-12)23(16,20)21/h3-6H,7-9H2,1-2H3,(H,17,19)(H2,16,20,21). The fourth-order valence-electron chi connectivity index (χ4n) is 2.18. The minimum Gasteiger partial charge on any atom is -0.361 e. The van der Waals surface area contributed by atoms with Crippen LogP contribution in [0.3, 0.4) is 0 Å². The van der Waals surface area contributed by atoms with E-state index in [1.54, 1.807) is 12.1 Å². The number of hydrogen-bond acceptors (Lipinski definition) is 5. The van der Waals surface area contributed by atoms with Gasteiger partial charge in [0.1, 0.15) is 5.76 Å². The minimum atomic E-state index is -3.69. The Balaban J connectivity index is 1.85. The van der Waals surface area contributed by atoms with E-state index in [2.05, 4.69) is 10.5 Å². The Morgan fingerprint density at radius 1 is 1.26 bits per heavy atom. The SMILES string of the molecule is Cc1noc(C)c1CCC(=O)NCc1ccc(S(N)(=O)=O)cc1. The topological polar surface area (TPSA) is 115 Å². The molecular formula is C15H19N3O4S. The largest absolute Gasteiger partial charge is 0.361 e. The molecule has 23 heavy (non-hydrogen) atoms. The first-order valence-electron chi connectivity index (χ1n) is 7.07. The minimum absolute atomic E-state index is 0.0472. The number of benzene rings is 1. The molecule has 7 nitrogen and oxygen atoms in total. The lowest BCUT2D eigenvalue weighted by Crippen LogP contribution is -2.23. The summed E-state index contributed by atoms with van der Waals surface area (Å²) >= 11 is 0. The number of nitrogens with two attached hydrogens (primary N) is 1. The van der Waals surface area contributed by atoms with E-state index in [1.165, 1.54) is 12.1 Å². The average molecular weight is 337 g/mol.